The van der Waals surface area contributed by atoms with Crippen LogP contribution in [-0.4, -0.2) is 53.5 Å². The van der Waals surface area contributed by atoms with Gasteiger partial charge in [-0.3, -0.25) is 0 Å². The van der Waals surface area contributed by atoms with Crippen LogP contribution in [0.3, 0.4) is 0 Å². The second-order valence-corrected chi connectivity index (χ2v) is 4.53. The van der Waals surface area contributed by atoms with Crippen LogP contribution in [0.15, 0.2) is 12.3 Å². The minimum Gasteiger partial charge on any atom is -0.477 e. The summed E-state index contributed by atoms with van der Waals surface area (Å²) in [5.74, 6) is -0.728. The normalized spacial score (nSPS) is 16.0. The lowest BCUT2D eigenvalue weighted by molar-refractivity contribution is -0.0316. The Balaban J connectivity index is 1.63. The summed E-state index contributed by atoms with van der Waals surface area (Å²) in [6.07, 6.45) is 4.46. The molecule has 0 amide bonds. The lowest BCUT2D eigenvalue weighted by Gasteiger charge is -2.22. The molecule has 1 aliphatic rings. The summed E-state index contributed by atoms with van der Waals surface area (Å²) in [4.78, 5) is 18.6. The Kier molecular flexibility index (Phi) is 5.69. The number of carboxylic acid groups (broad SMARTS) is 1. The highest BCUT2D eigenvalue weighted by Crippen LogP contribution is 2.10. The maximum Gasteiger partial charge on any atom is 0.354 e. The fourth-order valence-corrected chi connectivity index (χ4v) is 1.93. The minimum atomic E-state index is -1.06. The van der Waals surface area contributed by atoms with Crippen LogP contribution in [0, 0.1) is 0 Å². The van der Waals surface area contributed by atoms with Crippen molar-refractivity contribution in [3.63, 3.8) is 0 Å². The number of ether oxygens (including phenoxy) is 2. The van der Waals surface area contributed by atoms with Gasteiger partial charge < -0.3 is 19.9 Å². The Morgan fingerprint density at radius 1 is 1.50 bits per heavy atom. The maximum atomic E-state index is 10.8. The first-order chi connectivity index (χ1) is 9.75. The predicted molar refractivity (Wildman–Crippen MR) is 71.9 cm³/mol. The molecule has 0 radical (unpaired) electrons. The van der Waals surface area contributed by atoms with Crippen LogP contribution in [0.25, 0.3) is 0 Å². The number of aromatic carboxylic acids is 1. The van der Waals surface area contributed by atoms with Gasteiger partial charge >= 0.3 is 5.97 Å². The van der Waals surface area contributed by atoms with E-state index in [9.17, 15) is 4.79 Å². The topological polar surface area (TPSA) is 93.6 Å². The summed E-state index contributed by atoms with van der Waals surface area (Å²) in [6, 6.07) is 1.36. The molecule has 1 aliphatic heterocycles. The first-order valence-corrected chi connectivity index (χ1v) is 6.75. The molecule has 7 nitrogen and oxygen atoms in total. The SMILES string of the molecule is O=C(O)c1ccnc(NCCCOC2CCOCC2)n1. The van der Waals surface area contributed by atoms with Crippen LogP contribution >= 0.6 is 0 Å². The minimum absolute atomic E-state index is 0.0130. The molecule has 0 unspecified atom stereocenters. The summed E-state index contributed by atoms with van der Waals surface area (Å²) in [5, 5.41) is 11.8. The van der Waals surface area contributed by atoms with E-state index < -0.39 is 5.97 Å². The van der Waals surface area contributed by atoms with Gasteiger partial charge in [0.05, 0.1) is 6.10 Å². The van der Waals surface area contributed by atoms with E-state index in [2.05, 4.69) is 15.3 Å². The van der Waals surface area contributed by atoms with Crippen molar-refractivity contribution in [2.24, 2.45) is 0 Å². The number of nitrogens with zero attached hydrogens (tertiary/aromatic N) is 2. The molecule has 0 aromatic carbocycles. The molecule has 0 aliphatic carbocycles. The maximum absolute atomic E-state index is 10.8. The first-order valence-electron chi connectivity index (χ1n) is 6.75. The molecule has 2 N–H and O–H groups in total. The molecule has 2 heterocycles. The van der Waals surface area contributed by atoms with E-state index >= 15 is 0 Å². The number of aromatic nitrogens is 2. The molecule has 1 saturated heterocycles. The molecule has 20 heavy (non-hydrogen) atoms. The monoisotopic (exact) mass is 281 g/mol. The second-order valence-electron chi connectivity index (χ2n) is 4.53. The summed E-state index contributed by atoms with van der Waals surface area (Å²) in [7, 11) is 0. The van der Waals surface area contributed by atoms with Crippen molar-refractivity contribution >= 4 is 11.9 Å². The molecule has 0 bridgehead atoms. The molecule has 110 valence electrons. The average Bonchev–Trinajstić information content (AvgIpc) is 2.48. The highest BCUT2D eigenvalue weighted by atomic mass is 16.5. The van der Waals surface area contributed by atoms with Gasteiger partial charge in [0.25, 0.3) is 0 Å². The van der Waals surface area contributed by atoms with Crippen molar-refractivity contribution in [3.05, 3.63) is 18.0 Å². The molecule has 1 aromatic rings. The third kappa shape index (κ3) is 4.75. The number of carboxylic acids is 1. The van der Waals surface area contributed by atoms with Crippen molar-refractivity contribution in [1.29, 1.82) is 0 Å². The number of hydrogen-bond acceptors (Lipinski definition) is 6. The molecule has 0 atom stereocenters. The zero-order valence-electron chi connectivity index (χ0n) is 11.2. The van der Waals surface area contributed by atoms with Crippen LogP contribution in [0.2, 0.25) is 0 Å². The van der Waals surface area contributed by atoms with Crippen LogP contribution in [0.4, 0.5) is 5.95 Å². The predicted octanol–water partition coefficient (Wildman–Crippen LogP) is 1.17. The lowest BCUT2D eigenvalue weighted by Crippen LogP contribution is -2.24. The van der Waals surface area contributed by atoms with Crippen LogP contribution in [0.5, 0.6) is 0 Å². The molecule has 2 rings (SSSR count). The van der Waals surface area contributed by atoms with E-state index in [0.717, 1.165) is 32.5 Å². The Labute approximate surface area is 117 Å². The molecular formula is C13H19N3O4. The van der Waals surface area contributed by atoms with Gasteiger partial charge in [-0.05, 0) is 25.3 Å². The second kappa shape index (κ2) is 7.76. The number of carbonyl (C=O) groups is 1. The smallest absolute Gasteiger partial charge is 0.354 e. The standard InChI is InChI=1S/C13H19N3O4/c17-12(18)11-2-6-15-13(16-11)14-5-1-7-20-10-3-8-19-9-4-10/h2,6,10H,1,3-5,7-9H2,(H,17,18)(H,14,15,16). The third-order valence-electron chi connectivity index (χ3n) is 3.00. The summed E-state index contributed by atoms with van der Waals surface area (Å²) in [6.45, 7) is 2.86. The Hall–Kier alpha value is -1.73. The van der Waals surface area contributed by atoms with E-state index in [0.29, 0.717) is 25.2 Å². The highest BCUT2D eigenvalue weighted by Gasteiger charge is 2.13. The fourth-order valence-electron chi connectivity index (χ4n) is 1.93. The van der Waals surface area contributed by atoms with Crippen LogP contribution < -0.4 is 5.32 Å². The van der Waals surface area contributed by atoms with Crippen molar-refractivity contribution in [1.82, 2.24) is 9.97 Å². The van der Waals surface area contributed by atoms with E-state index in [1.54, 1.807) is 0 Å². The lowest BCUT2D eigenvalue weighted by atomic mass is 10.1. The molecule has 7 heteroatoms. The average molecular weight is 281 g/mol. The number of nitrogens with one attached hydrogen (secondary N) is 1. The van der Waals surface area contributed by atoms with Crippen molar-refractivity contribution in [2.75, 3.05) is 31.7 Å². The van der Waals surface area contributed by atoms with Gasteiger partial charge in [0.1, 0.15) is 0 Å². The van der Waals surface area contributed by atoms with Crippen LogP contribution in [0.1, 0.15) is 29.8 Å². The zero-order valence-corrected chi connectivity index (χ0v) is 11.2. The summed E-state index contributed by atoms with van der Waals surface area (Å²) in [5.41, 5.74) is -0.0130. The van der Waals surface area contributed by atoms with Gasteiger partial charge in [0.2, 0.25) is 5.95 Å². The van der Waals surface area contributed by atoms with E-state index in [-0.39, 0.29) is 5.69 Å². The van der Waals surface area contributed by atoms with Crippen molar-refractivity contribution in [2.45, 2.75) is 25.4 Å². The Bertz CT molecular complexity index is 435. The molecular weight excluding hydrogens is 262 g/mol. The van der Waals surface area contributed by atoms with Crippen molar-refractivity contribution < 1.29 is 19.4 Å². The molecule has 1 aromatic heterocycles. The summed E-state index contributed by atoms with van der Waals surface area (Å²) < 4.78 is 11.0. The Morgan fingerprint density at radius 2 is 2.30 bits per heavy atom. The van der Waals surface area contributed by atoms with Gasteiger partial charge in [0.15, 0.2) is 5.69 Å². The fraction of sp³-hybridized carbons (Fsp3) is 0.615. The number of hydrogen-bond donors (Lipinski definition) is 2. The van der Waals surface area contributed by atoms with Gasteiger partial charge in [-0.2, -0.15) is 0 Å². The van der Waals surface area contributed by atoms with Gasteiger partial charge in [-0.1, -0.05) is 0 Å². The van der Waals surface area contributed by atoms with Crippen molar-refractivity contribution in [3.8, 4) is 0 Å². The zero-order chi connectivity index (χ0) is 14.2. The van der Waals surface area contributed by atoms with E-state index in [4.69, 9.17) is 14.6 Å². The molecule has 1 fully saturated rings. The van der Waals surface area contributed by atoms with Gasteiger partial charge in [-0.15, -0.1) is 0 Å². The largest absolute Gasteiger partial charge is 0.477 e. The summed E-state index contributed by atoms with van der Waals surface area (Å²) >= 11 is 0. The molecule has 0 spiro atoms. The van der Waals surface area contributed by atoms with E-state index in [1.165, 1.54) is 12.3 Å². The highest BCUT2D eigenvalue weighted by molar-refractivity contribution is 5.85. The third-order valence-corrected chi connectivity index (χ3v) is 3.00. The molecule has 0 saturated carbocycles. The Morgan fingerprint density at radius 3 is 3.05 bits per heavy atom. The van der Waals surface area contributed by atoms with Gasteiger partial charge in [-0.25, -0.2) is 14.8 Å². The van der Waals surface area contributed by atoms with Crippen LogP contribution in [-0.2, 0) is 9.47 Å². The first kappa shape index (κ1) is 14.7. The number of anilines is 1. The van der Waals surface area contributed by atoms with Gasteiger partial charge in [0, 0.05) is 32.6 Å². The van der Waals surface area contributed by atoms with E-state index in [1.807, 2.05) is 0 Å². The quantitative estimate of drug-likeness (QED) is 0.724. The number of rotatable bonds is 7.